The van der Waals surface area contributed by atoms with E-state index in [4.69, 9.17) is 9.52 Å². The van der Waals surface area contributed by atoms with Crippen LogP contribution in [0.5, 0.6) is 0 Å². The lowest BCUT2D eigenvalue weighted by atomic mass is 9.97. The number of benzene rings is 1. The Labute approximate surface area is 109 Å². The fourth-order valence-corrected chi connectivity index (χ4v) is 1.72. The van der Waals surface area contributed by atoms with Gasteiger partial charge in [0.2, 0.25) is 5.89 Å². The van der Waals surface area contributed by atoms with Gasteiger partial charge in [-0.2, -0.15) is 0 Å². The summed E-state index contributed by atoms with van der Waals surface area (Å²) >= 11 is 0. The van der Waals surface area contributed by atoms with Crippen molar-refractivity contribution in [2.75, 3.05) is 0 Å². The molecule has 0 saturated carbocycles. The number of rotatable bonds is 4. The molecule has 0 aliphatic carbocycles. The van der Waals surface area contributed by atoms with Crippen LogP contribution in [0.1, 0.15) is 34.6 Å². The topological polar surface area (TPSA) is 80.4 Å². The maximum absolute atomic E-state index is 12.0. The van der Waals surface area contributed by atoms with Crippen LogP contribution in [0.2, 0.25) is 0 Å². The van der Waals surface area contributed by atoms with Crippen molar-refractivity contribution in [3.63, 3.8) is 0 Å². The number of oxazole rings is 1. The van der Waals surface area contributed by atoms with Crippen molar-refractivity contribution in [2.24, 2.45) is 5.92 Å². The third-order valence-corrected chi connectivity index (χ3v) is 2.67. The molecule has 5 nitrogen and oxygen atoms in total. The van der Waals surface area contributed by atoms with E-state index >= 15 is 0 Å². The van der Waals surface area contributed by atoms with E-state index in [1.165, 1.54) is 24.6 Å². The van der Waals surface area contributed by atoms with Crippen molar-refractivity contribution in [1.29, 1.82) is 0 Å². The number of hydrogen-bond donors (Lipinski definition) is 1. The molecule has 1 N–H and O–H groups in total. The van der Waals surface area contributed by atoms with Crippen molar-refractivity contribution < 1.29 is 19.1 Å². The SMILES string of the molecule is CC(C)C(=O)c1cc(C(=O)O)cc(-c2ncco2)c1. The lowest BCUT2D eigenvalue weighted by molar-refractivity contribution is 0.0697. The first kappa shape index (κ1) is 13.0. The van der Waals surface area contributed by atoms with Crippen LogP contribution in [0.15, 0.2) is 35.1 Å². The fraction of sp³-hybridized carbons (Fsp3) is 0.214. The largest absolute Gasteiger partial charge is 0.478 e. The number of carbonyl (C=O) groups is 2. The maximum Gasteiger partial charge on any atom is 0.335 e. The van der Waals surface area contributed by atoms with Crippen LogP contribution >= 0.6 is 0 Å². The van der Waals surface area contributed by atoms with Crippen LogP contribution in [0.4, 0.5) is 0 Å². The summed E-state index contributed by atoms with van der Waals surface area (Å²) in [5.74, 6) is -1.12. The molecular weight excluding hydrogens is 246 g/mol. The Balaban J connectivity index is 2.56. The van der Waals surface area contributed by atoms with Crippen molar-refractivity contribution >= 4 is 11.8 Å². The zero-order valence-electron chi connectivity index (χ0n) is 10.6. The van der Waals surface area contributed by atoms with Gasteiger partial charge in [0.05, 0.1) is 11.8 Å². The first-order chi connectivity index (χ1) is 8.99. The van der Waals surface area contributed by atoms with Gasteiger partial charge in [-0.1, -0.05) is 13.8 Å². The molecule has 2 rings (SSSR count). The highest BCUT2D eigenvalue weighted by Gasteiger charge is 2.16. The van der Waals surface area contributed by atoms with Gasteiger partial charge in [0.25, 0.3) is 0 Å². The van der Waals surface area contributed by atoms with Crippen molar-refractivity contribution in [3.05, 3.63) is 41.8 Å². The van der Waals surface area contributed by atoms with Crippen LogP contribution in [0, 0.1) is 5.92 Å². The van der Waals surface area contributed by atoms with Crippen LogP contribution in [0.3, 0.4) is 0 Å². The Morgan fingerprint density at radius 2 is 1.89 bits per heavy atom. The van der Waals surface area contributed by atoms with E-state index < -0.39 is 5.97 Å². The molecule has 98 valence electrons. The molecule has 1 aromatic carbocycles. The highest BCUT2D eigenvalue weighted by atomic mass is 16.4. The van der Waals surface area contributed by atoms with Gasteiger partial charge in [0.1, 0.15) is 6.26 Å². The van der Waals surface area contributed by atoms with Gasteiger partial charge < -0.3 is 9.52 Å². The first-order valence-corrected chi connectivity index (χ1v) is 5.81. The van der Waals surface area contributed by atoms with Gasteiger partial charge in [-0.05, 0) is 18.2 Å². The second-order valence-corrected chi connectivity index (χ2v) is 4.46. The van der Waals surface area contributed by atoms with Crippen molar-refractivity contribution in [3.8, 4) is 11.5 Å². The van der Waals surface area contributed by atoms with Gasteiger partial charge in [0, 0.05) is 17.0 Å². The molecule has 0 aliphatic rings. The Morgan fingerprint density at radius 3 is 2.42 bits per heavy atom. The lowest BCUT2D eigenvalue weighted by Crippen LogP contribution is -2.09. The molecule has 0 amide bonds. The van der Waals surface area contributed by atoms with E-state index in [9.17, 15) is 9.59 Å². The molecule has 19 heavy (non-hydrogen) atoms. The van der Waals surface area contributed by atoms with E-state index in [1.807, 2.05) is 0 Å². The summed E-state index contributed by atoms with van der Waals surface area (Å²) in [6.07, 6.45) is 2.86. The summed E-state index contributed by atoms with van der Waals surface area (Å²) in [4.78, 5) is 27.1. The first-order valence-electron chi connectivity index (χ1n) is 5.81. The van der Waals surface area contributed by atoms with E-state index in [2.05, 4.69) is 4.98 Å². The number of ketones is 1. The molecule has 5 heteroatoms. The van der Waals surface area contributed by atoms with Crippen LogP contribution < -0.4 is 0 Å². The van der Waals surface area contributed by atoms with Gasteiger partial charge in [-0.15, -0.1) is 0 Å². The minimum Gasteiger partial charge on any atom is -0.478 e. The Kier molecular flexibility index (Phi) is 3.46. The van der Waals surface area contributed by atoms with E-state index in [-0.39, 0.29) is 17.3 Å². The smallest absolute Gasteiger partial charge is 0.335 e. The van der Waals surface area contributed by atoms with Crippen LogP contribution in [0.25, 0.3) is 11.5 Å². The van der Waals surface area contributed by atoms with Gasteiger partial charge in [-0.3, -0.25) is 4.79 Å². The summed E-state index contributed by atoms with van der Waals surface area (Å²) in [7, 11) is 0. The predicted molar refractivity (Wildman–Crippen MR) is 68.1 cm³/mol. The second-order valence-electron chi connectivity index (χ2n) is 4.46. The number of aromatic nitrogens is 1. The summed E-state index contributed by atoms with van der Waals surface area (Å²) in [5, 5.41) is 9.09. The molecular formula is C14H13NO4. The summed E-state index contributed by atoms with van der Waals surface area (Å²) < 4.78 is 5.13. The molecule has 0 fully saturated rings. The average molecular weight is 259 g/mol. The minimum atomic E-state index is -1.09. The standard InChI is InChI=1S/C14H13NO4/c1-8(2)12(16)9-5-10(13-15-3-4-19-13)7-11(6-9)14(17)18/h3-8H,1-2H3,(H,17,18). The number of nitrogens with zero attached hydrogens (tertiary/aromatic N) is 1. The van der Waals surface area contributed by atoms with Crippen LogP contribution in [-0.2, 0) is 0 Å². The molecule has 2 aromatic rings. The maximum atomic E-state index is 12.0. The zero-order chi connectivity index (χ0) is 14.0. The Hall–Kier alpha value is -2.43. The molecule has 0 atom stereocenters. The molecule has 0 bridgehead atoms. The van der Waals surface area contributed by atoms with Crippen molar-refractivity contribution in [1.82, 2.24) is 4.98 Å². The molecule has 0 saturated heterocycles. The second kappa shape index (κ2) is 5.06. The third-order valence-electron chi connectivity index (χ3n) is 2.67. The molecule has 0 aliphatic heterocycles. The highest BCUT2D eigenvalue weighted by Crippen LogP contribution is 2.22. The van der Waals surface area contributed by atoms with Gasteiger partial charge in [-0.25, -0.2) is 9.78 Å². The normalized spacial score (nSPS) is 10.7. The number of hydrogen-bond acceptors (Lipinski definition) is 4. The molecule has 0 unspecified atom stereocenters. The number of carbonyl (C=O) groups excluding carboxylic acids is 1. The fourth-order valence-electron chi connectivity index (χ4n) is 1.72. The highest BCUT2D eigenvalue weighted by molar-refractivity contribution is 6.01. The number of aromatic carboxylic acids is 1. The Morgan fingerprint density at radius 1 is 1.21 bits per heavy atom. The lowest BCUT2D eigenvalue weighted by Gasteiger charge is -2.07. The summed E-state index contributed by atoms with van der Waals surface area (Å²) in [6.45, 7) is 3.53. The summed E-state index contributed by atoms with van der Waals surface area (Å²) in [5.41, 5.74) is 0.872. The zero-order valence-corrected chi connectivity index (χ0v) is 10.6. The monoisotopic (exact) mass is 259 g/mol. The Bertz CT molecular complexity index is 614. The number of carboxylic acids is 1. The van der Waals surface area contributed by atoms with E-state index in [1.54, 1.807) is 19.9 Å². The van der Waals surface area contributed by atoms with Gasteiger partial charge >= 0.3 is 5.97 Å². The van der Waals surface area contributed by atoms with E-state index in [0.29, 0.717) is 17.0 Å². The molecule has 0 spiro atoms. The molecule has 1 aromatic heterocycles. The molecule has 0 radical (unpaired) electrons. The number of Topliss-reactive ketones (excluding diaryl/α,β-unsaturated/α-hetero) is 1. The van der Waals surface area contributed by atoms with E-state index in [0.717, 1.165) is 0 Å². The average Bonchev–Trinajstić information content (AvgIpc) is 2.91. The van der Waals surface area contributed by atoms with Crippen molar-refractivity contribution in [2.45, 2.75) is 13.8 Å². The quantitative estimate of drug-likeness (QED) is 0.854. The number of carboxylic acid groups (broad SMARTS) is 1. The third kappa shape index (κ3) is 2.70. The molecule has 1 heterocycles. The van der Waals surface area contributed by atoms with Crippen LogP contribution in [-0.4, -0.2) is 21.8 Å². The van der Waals surface area contributed by atoms with Gasteiger partial charge in [0.15, 0.2) is 5.78 Å². The minimum absolute atomic E-state index is 0.0414. The summed E-state index contributed by atoms with van der Waals surface area (Å²) in [6, 6.07) is 4.41. The predicted octanol–water partition coefficient (Wildman–Crippen LogP) is 2.88.